The van der Waals surface area contributed by atoms with Crippen molar-refractivity contribution in [2.45, 2.75) is 59.7 Å². The quantitative estimate of drug-likeness (QED) is 0.421. The number of amides is 1. The molecule has 2 aromatic rings. The molecule has 1 aliphatic heterocycles. The first kappa shape index (κ1) is 24.7. The van der Waals surface area contributed by atoms with Crippen molar-refractivity contribution in [3.8, 4) is 6.07 Å². The van der Waals surface area contributed by atoms with E-state index in [4.69, 9.17) is 12.2 Å². The van der Waals surface area contributed by atoms with Gasteiger partial charge >= 0.3 is 0 Å². The number of carbonyl (C=O) groups is 1. The molecule has 33 heavy (non-hydrogen) atoms. The highest BCUT2D eigenvalue weighted by molar-refractivity contribution is 8.26. The van der Waals surface area contributed by atoms with Crippen LogP contribution in [0.25, 0.3) is 6.08 Å². The summed E-state index contributed by atoms with van der Waals surface area (Å²) in [5.41, 5.74) is 2.05. The summed E-state index contributed by atoms with van der Waals surface area (Å²) in [5.74, 6) is 0.468. The molecule has 1 fully saturated rings. The zero-order valence-electron chi connectivity index (χ0n) is 19.3. The SMILES string of the molecule is CCCn1c(NCc2ccccc2)c(/C=C2/SC(=S)N(C(C)CC)C2=O)c(C)c(C#N)c1=O. The van der Waals surface area contributed by atoms with Crippen LogP contribution in [0.15, 0.2) is 40.0 Å². The minimum atomic E-state index is -0.322. The average molecular weight is 481 g/mol. The van der Waals surface area contributed by atoms with E-state index in [0.29, 0.717) is 39.3 Å². The number of rotatable bonds is 8. The largest absolute Gasteiger partial charge is 0.367 e. The number of thioether (sulfide) groups is 1. The minimum absolute atomic E-state index is 0.00360. The maximum atomic E-state index is 13.1. The number of nitrogens with one attached hydrogen (secondary N) is 1. The number of nitriles is 1. The molecule has 1 N–H and O–H groups in total. The molecule has 1 aliphatic rings. The summed E-state index contributed by atoms with van der Waals surface area (Å²) >= 11 is 6.73. The summed E-state index contributed by atoms with van der Waals surface area (Å²) in [7, 11) is 0. The Bertz CT molecular complexity index is 1200. The van der Waals surface area contributed by atoms with E-state index < -0.39 is 0 Å². The van der Waals surface area contributed by atoms with Crippen molar-refractivity contribution in [2.75, 3.05) is 5.32 Å². The highest BCUT2D eigenvalue weighted by atomic mass is 32.2. The maximum Gasteiger partial charge on any atom is 0.270 e. The zero-order chi connectivity index (χ0) is 24.1. The lowest BCUT2D eigenvalue weighted by atomic mass is 10.0. The first-order valence-corrected chi connectivity index (χ1v) is 12.3. The third-order valence-corrected chi connectivity index (χ3v) is 7.09. The smallest absolute Gasteiger partial charge is 0.270 e. The van der Waals surface area contributed by atoms with Gasteiger partial charge in [0, 0.05) is 24.7 Å². The lowest BCUT2D eigenvalue weighted by molar-refractivity contribution is -0.123. The summed E-state index contributed by atoms with van der Waals surface area (Å²) in [6, 6.07) is 11.9. The Kier molecular flexibility index (Phi) is 8.11. The number of aromatic nitrogens is 1. The minimum Gasteiger partial charge on any atom is -0.367 e. The summed E-state index contributed by atoms with van der Waals surface area (Å²) in [5, 5.41) is 13.1. The molecule has 2 heterocycles. The van der Waals surface area contributed by atoms with E-state index in [9.17, 15) is 14.9 Å². The predicted octanol–water partition coefficient (Wildman–Crippen LogP) is 5.05. The number of anilines is 1. The summed E-state index contributed by atoms with van der Waals surface area (Å²) in [4.78, 5) is 28.4. The van der Waals surface area contributed by atoms with E-state index in [1.807, 2.05) is 51.1 Å². The van der Waals surface area contributed by atoms with Gasteiger partial charge in [-0.25, -0.2) is 0 Å². The Labute approximate surface area is 204 Å². The number of pyridine rings is 1. The van der Waals surface area contributed by atoms with Gasteiger partial charge < -0.3 is 5.32 Å². The lowest BCUT2D eigenvalue weighted by Gasteiger charge is -2.21. The number of hydrogen-bond acceptors (Lipinski definition) is 6. The molecule has 6 nitrogen and oxygen atoms in total. The first-order valence-electron chi connectivity index (χ1n) is 11.1. The van der Waals surface area contributed by atoms with Crippen LogP contribution < -0.4 is 10.9 Å². The Morgan fingerprint density at radius 3 is 2.55 bits per heavy atom. The van der Waals surface area contributed by atoms with Crippen LogP contribution in [0, 0.1) is 18.3 Å². The van der Waals surface area contributed by atoms with E-state index in [-0.39, 0.29) is 23.1 Å². The van der Waals surface area contributed by atoms with Crippen LogP contribution in [0.3, 0.4) is 0 Å². The summed E-state index contributed by atoms with van der Waals surface area (Å²) in [6.45, 7) is 8.69. The van der Waals surface area contributed by atoms with Crippen LogP contribution in [0.5, 0.6) is 0 Å². The Hall–Kier alpha value is -2.89. The molecule has 8 heteroatoms. The molecule has 0 saturated carbocycles. The Morgan fingerprint density at radius 2 is 1.94 bits per heavy atom. The van der Waals surface area contributed by atoms with Crippen LogP contribution in [-0.4, -0.2) is 25.7 Å². The van der Waals surface area contributed by atoms with Crippen molar-refractivity contribution in [2.24, 2.45) is 0 Å². The maximum absolute atomic E-state index is 13.1. The van der Waals surface area contributed by atoms with Crippen LogP contribution in [0.1, 0.15) is 55.9 Å². The Balaban J connectivity index is 2.16. The van der Waals surface area contributed by atoms with Gasteiger partial charge in [-0.3, -0.25) is 19.1 Å². The fourth-order valence-corrected chi connectivity index (χ4v) is 5.19. The molecular formula is C25H28N4O2S2. The highest BCUT2D eigenvalue weighted by Crippen LogP contribution is 2.36. The normalized spacial score (nSPS) is 15.7. The van der Waals surface area contributed by atoms with Gasteiger partial charge in [0.1, 0.15) is 21.8 Å². The van der Waals surface area contributed by atoms with Gasteiger partial charge in [-0.05, 0) is 43.9 Å². The average Bonchev–Trinajstić information content (AvgIpc) is 3.09. The molecule has 0 spiro atoms. The summed E-state index contributed by atoms with van der Waals surface area (Å²) in [6.07, 6.45) is 3.29. The van der Waals surface area contributed by atoms with E-state index in [2.05, 4.69) is 11.4 Å². The van der Waals surface area contributed by atoms with Crippen molar-refractivity contribution in [1.29, 1.82) is 5.26 Å². The van der Waals surface area contributed by atoms with Gasteiger partial charge in [-0.2, -0.15) is 5.26 Å². The van der Waals surface area contributed by atoms with Crippen molar-refractivity contribution in [3.05, 3.63) is 67.8 Å². The van der Waals surface area contributed by atoms with Gasteiger partial charge in [0.15, 0.2) is 0 Å². The molecule has 172 valence electrons. The number of thiocarbonyl (C=S) groups is 1. The fraction of sp³-hybridized carbons (Fsp3) is 0.360. The molecule has 1 unspecified atom stereocenters. The second-order valence-electron chi connectivity index (χ2n) is 7.98. The second kappa shape index (κ2) is 10.8. The van der Waals surface area contributed by atoms with Gasteiger partial charge in [0.05, 0.1) is 4.91 Å². The van der Waals surface area contributed by atoms with Gasteiger partial charge in [0.2, 0.25) is 0 Å². The zero-order valence-corrected chi connectivity index (χ0v) is 21.0. The molecule has 3 rings (SSSR count). The van der Waals surface area contributed by atoms with Gasteiger partial charge in [0.25, 0.3) is 11.5 Å². The molecule has 0 bridgehead atoms. The molecule has 1 atom stereocenters. The van der Waals surface area contributed by atoms with Crippen molar-refractivity contribution < 1.29 is 4.79 Å². The molecule has 1 amide bonds. The van der Waals surface area contributed by atoms with E-state index in [1.54, 1.807) is 22.5 Å². The van der Waals surface area contributed by atoms with Crippen LogP contribution >= 0.6 is 24.0 Å². The standard InChI is InChI=1S/C25H28N4O2S2/c1-5-12-28-22(27-15-18-10-8-7-9-11-18)19(17(4)20(14-26)23(28)30)13-21-24(31)29(16(3)6-2)25(32)33-21/h7-11,13,16,27H,5-6,12,15H2,1-4H3/b21-13+. The topological polar surface area (TPSA) is 78.1 Å². The lowest BCUT2D eigenvalue weighted by Crippen LogP contribution is -2.36. The fourth-order valence-electron chi connectivity index (χ4n) is 3.75. The van der Waals surface area contributed by atoms with Crippen molar-refractivity contribution >= 4 is 46.1 Å². The number of hydrogen-bond donors (Lipinski definition) is 1. The molecule has 1 aromatic heterocycles. The van der Waals surface area contributed by atoms with Gasteiger partial charge in [-0.15, -0.1) is 0 Å². The van der Waals surface area contributed by atoms with E-state index in [0.717, 1.165) is 18.4 Å². The van der Waals surface area contributed by atoms with E-state index >= 15 is 0 Å². The van der Waals surface area contributed by atoms with Crippen LogP contribution in [-0.2, 0) is 17.9 Å². The van der Waals surface area contributed by atoms with E-state index in [1.165, 1.54) is 11.8 Å². The highest BCUT2D eigenvalue weighted by Gasteiger charge is 2.35. The van der Waals surface area contributed by atoms with Crippen LogP contribution in [0.2, 0.25) is 0 Å². The third-order valence-electron chi connectivity index (χ3n) is 5.76. The predicted molar refractivity (Wildman–Crippen MR) is 139 cm³/mol. The first-order chi connectivity index (χ1) is 15.8. The summed E-state index contributed by atoms with van der Waals surface area (Å²) < 4.78 is 2.13. The van der Waals surface area contributed by atoms with Crippen molar-refractivity contribution in [3.63, 3.8) is 0 Å². The number of carbonyl (C=O) groups excluding carboxylic acids is 1. The molecule has 1 saturated heterocycles. The third kappa shape index (κ3) is 5.05. The van der Waals surface area contributed by atoms with Crippen LogP contribution in [0.4, 0.5) is 5.82 Å². The monoisotopic (exact) mass is 480 g/mol. The second-order valence-corrected chi connectivity index (χ2v) is 9.65. The van der Waals surface area contributed by atoms with Gasteiger partial charge in [-0.1, -0.05) is 68.2 Å². The molecule has 0 aliphatic carbocycles. The number of benzene rings is 1. The van der Waals surface area contributed by atoms with Crippen molar-refractivity contribution in [1.82, 2.24) is 9.47 Å². The number of nitrogens with zero attached hydrogens (tertiary/aromatic N) is 3. The Morgan fingerprint density at radius 1 is 1.24 bits per heavy atom. The molecule has 0 radical (unpaired) electrons. The molecular weight excluding hydrogens is 452 g/mol. The molecule has 1 aromatic carbocycles.